The van der Waals surface area contributed by atoms with Gasteiger partial charge in [0.2, 0.25) is 0 Å². The fraction of sp³-hybridized carbons (Fsp3) is 0.429. The summed E-state index contributed by atoms with van der Waals surface area (Å²) >= 11 is 0. The lowest BCUT2D eigenvalue weighted by molar-refractivity contribution is -0.116. The van der Waals surface area contributed by atoms with Crippen LogP contribution in [-0.2, 0) is 9.53 Å². The van der Waals surface area contributed by atoms with Crippen molar-refractivity contribution in [1.29, 1.82) is 0 Å². The van der Waals surface area contributed by atoms with Crippen molar-refractivity contribution in [1.82, 2.24) is 5.32 Å². The molecule has 0 fully saturated rings. The molecule has 6 heteroatoms. The second-order valence-electron chi connectivity index (χ2n) is 6.64. The van der Waals surface area contributed by atoms with Crippen molar-refractivity contribution >= 4 is 39.0 Å². The zero-order valence-electron chi connectivity index (χ0n) is 15.5. The Labute approximate surface area is 168 Å². The number of ketones is 1. The number of alkyl carbamates (subject to hydrolysis) is 1. The molecule has 0 radical (unpaired) electrons. The number of allylic oxidation sites excluding steroid dienone is 3. The first kappa shape index (κ1) is 20.1. The fourth-order valence-electron chi connectivity index (χ4n) is 3.44. The Hall–Kier alpha value is -1.66. The number of Topliss-reactive ketones (excluding diaryl/α,β-unsaturated/α-hetero) is 1. The van der Waals surface area contributed by atoms with Crippen LogP contribution in [0.25, 0.3) is 5.57 Å². The average molecular weight is 404 g/mol. The van der Waals surface area contributed by atoms with E-state index in [2.05, 4.69) is 41.7 Å². The Morgan fingerprint density at radius 3 is 2.89 bits per heavy atom. The van der Waals surface area contributed by atoms with Crippen LogP contribution < -0.4 is 5.32 Å². The molecule has 1 aromatic rings. The highest BCUT2D eigenvalue weighted by Crippen LogP contribution is 2.46. The summed E-state index contributed by atoms with van der Waals surface area (Å²) in [4.78, 5) is 22.9. The summed E-state index contributed by atoms with van der Waals surface area (Å²) in [6, 6.07) is 8.41. The number of benzene rings is 1. The van der Waals surface area contributed by atoms with Gasteiger partial charge in [-0.25, -0.2) is 4.79 Å². The molecular formula is C21H25NO3S2. The molecule has 0 heterocycles. The van der Waals surface area contributed by atoms with Crippen LogP contribution in [0.1, 0.15) is 43.2 Å². The van der Waals surface area contributed by atoms with Gasteiger partial charge in [0.05, 0.1) is 0 Å². The van der Waals surface area contributed by atoms with Crippen molar-refractivity contribution in [3.05, 3.63) is 53.1 Å². The molecule has 1 amide bonds. The Bertz CT molecular complexity index is 758. The first-order valence-electron chi connectivity index (χ1n) is 9.30. The molecule has 4 nitrogen and oxygen atoms in total. The highest BCUT2D eigenvalue weighted by Gasteiger charge is 2.31. The van der Waals surface area contributed by atoms with E-state index in [-0.39, 0.29) is 17.8 Å². The molecule has 0 saturated carbocycles. The van der Waals surface area contributed by atoms with Crippen LogP contribution in [0.15, 0.2) is 42.0 Å². The second kappa shape index (κ2) is 10.0. The van der Waals surface area contributed by atoms with Crippen molar-refractivity contribution in [2.24, 2.45) is 0 Å². The predicted molar refractivity (Wildman–Crippen MR) is 114 cm³/mol. The van der Waals surface area contributed by atoms with Crippen molar-refractivity contribution in [2.75, 3.05) is 24.7 Å². The minimum absolute atomic E-state index is 0.170. The third-order valence-corrected chi connectivity index (χ3v) is 7.12. The smallest absolute Gasteiger partial charge is 0.407 e. The van der Waals surface area contributed by atoms with Crippen LogP contribution in [0, 0.1) is 0 Å². The Morgan fingerprint density at radius 1 is 1.22 bits per heavy atom. The number of rotatable bonds is 9. The van der Waals surface area contributed by atoms with Gasteiger partial charge in [0, 0.05) is 30.4 Å². The van der Waals surface area contributed by atoms with Crippen LogP contribution in [0.3, 0.4) is 0 Å². The summed E-state index contributed by atoms with van der Waals surface area (Å²) in [5.41, 5.74) is 5.24. The number of amides is 1. The Balaban J connectivity index is 1.42. The maximum Gasteiger partial charge on any atom is 0.407 e. The largest absolute Gasteiger partial charge is 0.449 e. The van der Waals surface area contributed by atoms with E-state index in [9.17, 15) is 9.59 Å². The van der Waals surface area contributed by atoms with Crippen LogP contribution in [0.4, 0.5) is 4.79 Å². The van der Waals surface area contributed by atoms with Crippen LogP contribution >= 0.6 is 21.6 Å². The van der Waals surface area contributed by atoms with E-state index in [1.807, 2.05) is 0 Å². The summed E-state index contributed by atoms with van der Waals surface area (Å²) < 4.78 is 5.52. The van der Waals surface area contributed by atoms with E-state index in [1.165, 1.54) is 22.3 Å². The first-order valence-corrected chi connectivity index (χ1v) is 11.8. The fourth-order valence-corrected chi connectivity index (χ4v) is 5.44. The van der Waals surface area contributed by atoms with Gasteiger partial charge in [-0.3, -0.25) is 4.79 Å². The number of fused-ring (bicyclic) bond motifs is 2. The number of ether oxygens (including phenoxy) is 1. The van der Waals surface area contributed by atoms with Crippen LogP contribution in [0.5, 0.6) is 0 Å². The number of carbonyl (C=O) groups is 2. The molecule has 2 aliphatic rings. The minimum Gasteiger partial charge on any atom is -0.449 e. The van der Waals surface area contributed by atoms with E-state index >= 15 is 0 Å². The van der Waals surface area contributed by atoms with Gasteiger partial charge >= 0.3 is 6.09 Å². The summed E-state index contributed by atoms with van der Waals surface area (Å²) in [6.45, 7) is 2.55. The third kappa shape index (κ3) is 5.42. The Morgan fingerprint density at radius 2 is 2.04 bits per heavy atom. The molecule has 0 bridgehead atoms. The molecular weight excluding hydrogens is 378 g/mol. The summed E-state index contributed by atoms with van der Waals surface area (Å²) in [7, 11) is 3.33. The SMILES string of the molecule is CC(=O)CCSSCCNC(=O)OCC1C2=C(C=CCC2)c2ccccc21. The first-order chi connectivity index (χ1) is 13.2. The molecule has 1 atom stereocenters. The molecule has 2 aliphatic carbocycles. The van der Waals surface area contributed by atoms with Gasteiger partial charge in [0.1, 0.15) is 12.4 Å². The average Bonchev–Trinajstić information content (AvgIpc) is 2.99. The topological polar surface area (TPSA) is 55.4 Å². The lowest BCUT2D eigenvalue weighted by atomic mass is 9.91. The molecule has 0 spiro atoms. The number of hydrogen-bond donors (Lipinski definition) is 1. The van der Waals surface area contributed by atoms with Gasteiger partial charge in [0.25, 0.3) is 0 Å². The summed E-state index contributed by atoms with van der Waals surface area (Å²) in [5.74, 6) is 2.00. The van der Waals surface area contributed by atoms with Crippen molar-refractivity contribution in [2.45, 2.75) is 32.1 Å². The van der Waals surface area contributed by atoms with Gasteiger partial charge in [-0.2, -0.15) is 0 Å². The van der Waals surface area contributed by atoms with E-state index < -0.39 is 0 Å². The number of nitrogens with one attached hydrogen (secondary N) is 1. The van der Waals surface area contributed by atoms with Gasteiger partial charge in [-0.05, 0) is 36.5 Å². The molecule has 1 unspecified atom stereocenters. The van der Waals surface area contributed by atoms with Crippen LogP contribution in [-0.4, -0.2) is 36.5 Å². The molecule has 27 heavy (non-hydrogen) atoms. The van der Waals surface area contributed by atoms with E-state index in [0.29, 0.717) is 19.6 Å². The minimum atomic E-state index is -0.359. The molecule has 144 valence electrons. The molecule has 3 rings (SSSR count). The maximum atomic E-state index is 12.0. The van der Waals surface area contributed by atoms with Gasteiger partial charge in [-0.1, -0.05) is 63.6 Å². The highest BCUT2D eigenvalue weighted by atomic mass is 33.1. The standard InChI is InChI=1S/C21H25NO3S2/c1-15(23)10-12-26-27-13-11-22-21(24)25-14-20-18-8-4-2-6-16(18)17-7-3-5-9-19(17)20/h2-4,6-8,20H,5,9-14H2,1H3,(H,22,24). The van der Waals surface area contributed by atoms with Gasteiger partial charge in [0.15, 0.2) is 0 Å². The third-order valence-electron chi connectivity index (χ3n) is 4.71. The zero-order valence-corrected chi connectivity index (χ0v) is 17.2. The lowest BCUT2D eigenvalue weighted by Crippen LogP contribution is -2.28. The number of carbonyl (C=O) groups excluding carboxylic acids is 2. The predicted octanol–water partition coefficient (Wildman–Crippen LogP) is 4.97. The molecule has 0 aromatic heterocycles. The quantitative estimate of drug-likeness (QED) is 0.466. The van der Waals surface area contributed by atoms with E-state index in [4.69, 9.17) is 4.74 Å². The van der Waals surface area contributed by atoms with Gasteiger partial charge in [-0.15, -0.1) is 0 Å². The maximum absolute atomic E-state index is 12.0. The number of hydrogen-bond acceptors (Lipinski definition) is 5. The monoisotopic (exact) mass is 403 g/mol. The van der Waals surface area contributed by atoms with E-state index in [1.54, 1.807) is 28.5 Å². The summed E-state index contributed by atoms with van der Waals surface area (Å²) in [6.07, 6.45) is 6.75. The normalized spacial score (nSPS) is 17.4. The molecule has 0 aliphatic heterocycles. The Kier molecular flexibility index (Phi) is 7.47. The zero-order chi connectivity index (χ0) is 19.1. The molecule has 1 N–H and O–H groups in total. The van der Waals surface area contributed by atoms with E-state index in [0.717, 1.165) is 24.3 Å². The lowest BCUT2D eigenvalue weighted by Gasteiger charge is -2.18. The van der Waals surface area contributed by atoms with Crippen molar-refractivity contribution in [3.63, 3.8) is 0 Å². The highest BCUT2D eigenvalue weighted by molar-refractivity contribution is 8.76. The van der Waals surface area contributed by atoms with Crippen molar-refractivity contribution in [3.8, 4) is 0 Å². The second-order valence-corrected chi connectivity index (χ2v) is 9.34. The van der Waals surface area contributed by atoms with Gasteiger partial charge < -0.3 is 10.1 Å². The molecule has 0 saturated heterocycles. The van der Waals surface area contributed by atoms with Crippen molar-refractivity contribution < 1.29 is 14.3 Å². The summed E-state index contributed by atoms with van der Waals surface area (Å²) in [5, 5.41) is 2.81. The molecule has 1 aromatic carbocycles. The van der Waals surface area contributed by atoms with Crippen LogP contribution in [0.2, 0.25) is 0 Å².